The first-order chi connectivity index (χ1) is 4.70. The summed E-state index contributed by atoms with van der Waals surface area (Å²) in [5.74, 6) is 0. The number of aromatic nitrogens is 1. The predicted octanol–water partition coefficient (Wildman–Crippen LogP) is 2.71. The minimum Gasteiger partial charge on any atom is -0.323 e. The molecule has 0 amide bonds. The van der Waals surface area contributed by atoms with Crippen molar-refractivity contribution >= 4 is 40.7 Å². The smallest absolute Gasteiger partial charge is 0.0569 e. The molecule has 0 spiro atoms. The lowest BCUT2D eigenvalue weighted by molar-refractivity contribution is 0.780. The molecule has 0 aliphatic rings. The molecule has 0 unspecified atom stereocenters. The van der Waals surface area contributed by atoms with E-state index >= 15 is 0 Å². The Labute approximate surface area is 92.9 Å². The summed E-state index contributed by atoms with van der Waals surface area (Å²) in [5, 5.41) is 0. The number of nitrogens with two attached hydrogens (primary N) is 1. The van der Waals surface area contributed by atoms with Crippen molar-refractivity contribution < 1.29 is 0 Å². The third-order valence-electron chi connectivity index (χ3n) is 1.22. The van der Waals surface area contributed by atoms with Crippen molar-refractivity contribution in [2.24, 2.45) is 5.73 Å². The van der Waals surface area contributed by atoms with Gasteiger partial charge in [-0.2, -0.15) is 0 Å². The maximum Gasteiger partial charge on any atom is 0.0569 e. The lowest BCUT2D eigenvalue weighted by Gasteiger charge is -2.02. The molecule has 1 aromatic rings. The van der Waals surface area contributed by atoms with Crippen LogP contribution >= 0.6 is 40.7 Å². The van der Waals surface area contributed by atoms with Crippen LogP contribution in [0.2, 0.25) is 0 Å². The summed E-state index contributed by atoms with van der Waals surface area (Å²) in [4.78, 5) is 4.11. The highest BCUT2D eigenvalue weighted by atomic mass is 79.9. The lowest BCUT2D eigenvalue weighted by atomic mass is 10.2. The number of halogens is 3. The summed E-state index contributed by atoms with van der Waals surface area (Å²) in [7, 11) is 0. The highest BCUT2D eigenvalue weighted by Crippen LogP contribution is 2.10. The number of hydrogen-bond donors (Lipinski definition) is 1. The van der Waals surface area contributed by atoms with E-state index in [0.29, 0.717) is 0 Å². The van der Waals surface area contributed by atoms with Gasteiger partial charge in [-0.3, -0.25) is 4.98 Å². The Hall–Kier alpha value is 0.170. The first kappa shape index (κ1) is 14.7. The van der Waals surface area contributed by atoms with Crippen molar-refractivity contribution in [2.75, 3.05) is 0 Å². The van der Waals surface area contributed by atoms with Crippen molar-refractivity contribution in [3.63, 3.8) is 0 Å². The van der Waals surface area contributed by atoms with Crippen LogP contribution in [-0.4, -0.2) is 4.98 Å². The Morgan fingerprint density at radius 3 is 2.33 bits per heavy atom. The standard InChI is InChI=1S/C7H9BrN2.2ClH/c1-5(9)7-3-2-6(8)4-10-7;;/h2-5H,9H2,1H3;2*1H/t5-;;/m1../s1. The molecule has 0 bridgehead atoms. The molecular weight excluding hydrogens is 263 g/mol. The van der Waals surface area contributed by atoms with Crippen LogP contribution in [0.3, 0.4) is 0 Å². The molecule has 5 heteroatoms. The SMILES string of the molecule is C[C@@H](N)c1ccc(Br)cn1.Cl.Cl. The first-order valence-electron chi connectivity index (χ1n) is 3.07. The second-order valence-electron chi connectivity index (χ2n) is 2.19. The van der Waals surface area contributed by atoms with E-state index in [4.69, 9.17) is 5.73 Å². The van der Waals surface area contributed by atoms with Gasteiger partial charge in [-0.25, -0.2) is 0 Å². The summed E-state index contributed by atoms with van der Waals surface area (Å²) in [6, 6.07) is 3.87. The zero-order valence-corrected chi connectivity index (χ0v) is 9.75. The molecule has 0 aliphatic heterocycles. The minimum absolute atomic E-state index is 0. The minimum atomic E-state index is 0. The molecule has 2 nitrogen and oxygen atoms in total. The molecule has 0 aliphatic carbocycles. The highest BCUT2D eigenvalue weighted by molar-refractivity contribution is 9.10. The Balaban J connectivity index is 0. The van der Waals surface area contributed by atoms with E-state index in [-0.39, 0.29) is 30.9 Å². The molecule has 1 aromatic heterocycles. The molecule has 1 atom stereocenters. The van der Waals surface area contributed by atoms with Crippen LogP contribution in [0.15, 0.2) is 22.8 Å². The summed E-state index contributed by atoms with van der Waals surface area (Å²) in [6.45, 7) is 1.91. The molecule has 1 rings (SSSR count). The van der Waals surface area contributed by atoms with Gasteiger partial charge in [-0.1, -0.05) is 0 Å². The molecule has 0 saturated carbocycles. The van der Waals surface area contributed by atoms with E-state index < -0.39 is 0 Å². The van der Waals surface area contributed by atoms with Gasteiger partial charge in [0.2, 0.25) is 0 Å². The fourth-order valence-electron chi connectivity index (χ4n) is 0.657. The Morgan fingerprint density at radius 2 is 2.00 bits per heavy atom. The van der Waals surface area contributed by atoms with Crippen LogP contribution in [0.5, 0.6) is 0 Å². The molecule has 1 heterocycles. The summed E-state index contributed by atoms with van der Waals surface area (Å²) in [6.07, 6.45) is 1.75. The van der Waals surface area contributed by atoms with Crippen LogP contribution in [0.4, 0.5) is 0 Å². The van der Waals surface area contributed by atoms with Crippen molar-refractivity contribution in [2.45, 2.75) is 13.0 Å². The van der Waals surface area contributed by atoms with Crippen molar-refractivity contribution in [3.05, 3.63) is 28.5 Å². The molecule has 12 heavy (non-hydrogen) atoms. The van der Waals surface area contributed by atoms with Gasteiger partial charge in [0, 0.05) is 16.7 Å². The van der Waals surface area contributed by atoms with E-state index in [9.17, 15) is 0 Å². The lowest BCUT2D eigenvalue weighted by Crippen LogP contribution is -2.06. The van der Waals surface area contributed by atoms with E-state index in [1.807, 2.05) is 19.1 Å². The van der Waals surface area contributed by atoms with Crippen molar-refractivity contribution in [3.8, 4) is 0 Å². The molecule has 2 N–H and O–H groups in total. The topological polar surface area (TPSA) is 38.9 Å². The average molecular weight is 274 g/mol. The third kappa shape index (κ3) is 4.26. The van der Waals surface area contributed by atoms with Gasteiger partial charge in [0.1, 0.15) is 0 Å². The first-order valence-corrected chi connectivity index (χ1v) is 3.86. The van der Waals surface area contributed by atoms with Gasteiger partial charge < -0.3 is 5.73 Å². The molecule has 70 valence electrons. The van der Waals surface area contributed by atoms with Crippen LogP contribution in [0.25, 0.3) is 0 Å². The van der Waals surface area contributed by atoms with Crippen LogP contribution < -0.4 is 5.73 Å². The van der Waals surface area contributed by atoms with E-state index in [1.165, 1.54) is 0 Å². The van der Waals surface area contributed by atoms with Gasteiger partial charge in [0.05, 0.1) is 5.69 Å². The van der Waals surface area contributed by atoms with Gasteiger partial charge in [0.15, 0.2) is 0 Å². The summed E-state index contributed by atoms with van der Waals surface area (Å²) < 4.78 is 0.983. The van der Waals surface area contributed by atoms with Crippen LogP contribution in [0.1, 0.15) is 18.7 Å². The quantitative estimate of drug-likeness (QED) is 0.855. The number of pyridine rings is 1. The molecule has 0 fully saturated rings. The third-order valence-corrected chi connectivity index (χ3v) is 1.69. The predicted molar refractivity (Wildman–Crippen MR) is 59.0 cm³/mol. The van der Waals surface area contributed by atoms with Crippen LogP contribution in [0, 0.1) is 0 Å². The molecule has 0 aromatic carbocycles. The Morgan fingerprint density at radius 1 is 1.42 bits per heavy atom. The average Bonchev–Trinajstić information content (AvgIpc) is 1.88. The Bertz CT molecular complexity index is 213. The molecule has 0 radical (unpaired) electrons. The number of nitrogens with zero attached hydrogens (tertiary/aromatic N) is 1. The number of hydrogen-bond acceptors (Lipinski definition) is 2. The van der Waals surface area contributed by atoms with Crippen LogP contribution in [-0.2, 0) is 0 Å². The van der Waals surface area contributed by atoms with E-state index in [2.05, 4.69) is 20.9 Å². The van der Waals surface area contributed by atoms with E-state index in [1.54, 1.807) is 6.20 Å². The zero-order valence-electron chi connectivity index (χ0n) is 6.53. The Kier molecular flexibility index (Phi) is 8.15. The van der Waals surface area contributed by atoms with Gasteiger partial charge in [-0.15, -0.1) is 24.8 Å². The fourth-order valence-corrected chi connectivity index (χ4v) is 0.891. The zero-order chi connectivity index (χ0) is 7.56. The van der Waals surface area contributed by atoms with Crippen molar-refractivity contribution in [1.29, 1.82) is 0 Å². The molecular formula is C7H11BrCl2N2. The van der Waals surface area contributed by atoms with Gasteiger partial charge >= 0.3 is 0 Å². The number of rotatable bonds is 1. The highest BCUT2D eigenvalue weighted by Gasteiger charge is 1.97. The monoisotopic (exact) mass is 272 g/mol. The van der Waals surface area contributed by atoms with E-state index in [0.717, 1.165) is 10.2 Å². The fraction of sp³-hybridized carbons (Fsp3) is 0.286. The largest absolute Gasteiger partial charge is 0.323 e. The maximum absolute atomic E-state index is 5.59. The second-order valence-corrected chi connectivity index (χ2v) is 3.11. The second kappa shape index (κ2) is 6.66. The van der Waals surface area contributed by atoms with Gasteiger partial charge in [-0.05, 0) is 35.0 Å². The molecule has 0 saturated heterocycles. The van der Waals surface area contributed by atoms with Gasteiger partial charge in [0.25, 0.3) is 0 Å². The normalized spacial score (nSPS) is 10.9. The summed E-state index contributed by atoms with van der Waals surface area (Å²) >= 11 is 3.29. The van der Waals surface area contributed by atoms with Crippen molar-refractivity contribution in [1.82, 2.24) is 4.98 Å². The maximum atomic E-state index is 5.59. The summed E-state index contributed by atoms with van der Waals surface area (Å²) in [5.41, 5.74) is 6.51.